The van der Waals surface area contributed by atoms with Crippen LogP contribution in [0.25, 0.3) is 118 Å². The summed E-state index contributed by atoms with van der Waals surface area (Å²) < 4.78 is 7.06. The van der Waals surface area contributed by atoms with Crippen LogP contribution < -0.4 is 0 Å². The van der Waals surface area contributed by atoms with Crippen LogP contribution in [-0.4, -0.2) is 23.7 Å². The Hall–Kier alpha value is -9.58. The number of rotatable bonds is 10. The normalized spacial score (nSPS) is 11.4. The summed E-state index contributed by atoms with van der Waals surface area (Å²) in [7, 11) is 0. The maximum Gasteiger partial charge on any atom is 0.145 e. The average molecular weight is 908 g/mol. The van der Waals surface area contributed by atoms with E-state index < -0.39 is 0 Å². The molecule has 0 fully saturated rings. The van der Waals surface area contributed by atoms with Crippen LogP contribution >= 0.6 is 0 Å². The van der Waals surface area contributed by atoms with Gasteiger partial charge in [-0.2, -0.15) is 0 Å². The number of fused-ring (bicyclic) bond motifs is 3. The van der Waals surface area contributed by atoms with Crippen molar-refractivity contribution in [1.29, 1.82) is 0 Å². The van der Waals surface area contributed by atoms with Gasteiger partial charge in [0.15, 0.2) is 0 Å². The maximum absolute atomic E-state index is 5.62. The molecule has 334 valence electrons. The Balaban J connectivity index is 1.09. The second kappa shape index (κ2) is 17.8. The number of aromatic nitrogens is 5. The lowest BCUT2D eigenvalue weighted by atomic mass is 10.0. The van der Waals surface area contributed by atoms with Gasteiger partial charge in [-0.1, -0.05) is 200 Å². The van der Waals surface area contributed by atoms with Crippen molar-refractivity contribution in [3.63, 3.8) is 0 Å². The average Bonchev–Trinajstić information content (AvgIpc) is 4.16. The second-order valence-electron chi connectivity index (χ2n) is 17.8. The highest BCUT2D eigenvalue weighted by Gasteiger charge is 2.26. The zero-order valence-corrected chi connectivity index (χ0v) is 38.7. The number of hydrogen-bond acceptors (Lipinski definition) is 2. The van der Waals surface area contributed by atoms with Crippen LogP contribution in [0.1, 0.15) is 0 Å². The molecule has 0 aliphatic carbocycles. The molecule has 0 unspecified atom stereocenters. The van der Waals surface area contributed by atoms with Crippen LogP contribution in [0, 0.1) is 0 Å². The summed E-state index contributed by atoms with van der Waals surface area (Å²) in [6.07, 6.45) is 0. The Morgan fingerprint density at radius 1 is 0.225 bits per heavy atom. The molecule has 0 radical (unpaired) electrons. The molecule has 0 atom stereocenters. The Bertz CT molecular complexity index is 3750. The second-order valence-corrected chi connectivity index (χ2v) is 17.8. The summed E-state index contributed by atoms with van der Waals surface area (Å²) in [5.41, 5.74) is 18.0. The summed E-state index contributed by atoms with van der Waals surface area (Å²) >= 11 is 0. The Labute approximate surface area is 412 Å². The van der Waals surface area contributed by atoms with E-state index in [1.54, 1.807) is 0 Å². The van der Waals surface area contributed by atoms with Crippen molar-refractivity contribution >= 4 is 21.8 Å². The summed E-state index contributed by atoms with van der Waals surface area (Å²) in [5.74, 6) is 1.72. The number of imidazole rings is 2. The fourth-order valence-electron chi connectivity index (χ4n) is 10.2. The first-order chi connectivity index (χ1) is 35.2. The molecule has 0 saturated heterocycles. The number of nitrogens with zero attached hydrogens (tertiary/aromatic N) is 5. The first-order valence-electron chi connectivity index (χ1n) is 24.1. The lowest BCUT2D eigenvalue weighted by Crippen LogP contribution is -2.00. The third kappa shape index (κ3) is 7.45. The van der Waals surface area contributed by atoms with Gasteiger partial charge in [0.1, 0.15) is 11.6 Å². The molecule has 13 aromatic rings. The van der Waals surface area contributed by atoms with E-state index >= 15 is 0 Å². The van der Waals surface area contributed by atoms with Crippen molar-refractivity contribution in [3.8, 4) is 96.0 Å². The Kier molecular flexibility index (Phi) is 10.4. The van der Waals surface area contributed by atoms with Crippen molar-refractivity contribution in [2.24, 2.45) is 0 Å². The minimum absolute atomic E-state index is 0.861. The first kappa shape index (κ1) is 41.6. The molecule has 0 spiro atoms. The molecule has 10 aromatic carbocycles. The summed E-state index contributed by atoms with van der Waals surface area (Å²) in [6.45, 7) is 0. The lowest BCUT2D eigenvalue weighted by Gasteiger charge is -2.14. The van der Waals surface area contributed by atoms with Gasteiger partial charge in [-0.3, -0.25) is 9.13 Å². The molecule has 0 amide bonds. The molecule has 0 saturated carbocycles. The Morgan fingerprint density at radius 2 is 0.521 bits per heavy atom. The zero-order valence-electron chi connectivity index (χ0n) is 38.7. The van der Waals surface area contributed by atoms with E-state index in [2.05, 4.69) is 287 Å². The van der Waals surface area contributed by atoms with Gasteiger partial charge < -0.3 is 4.57 Å². The third-order valence-electron chi connectivity index (χ3n) is 13.5. The molecule has 71 heavy (non-hydrogen) atoms. The van der Waals surface area contributed by atoms with E-state index in [1.807, 2.05) is 0 Å². The molecule has 13 rings (SSSR count). The summed E-state index contributed by atoms with van der Waals surface area (Å²) in [6, 6.07) is 96.8. The van der Waals surface area contributed by atoms with Crippen LogP contribution in [0.2, 0.25) is 0 Å². The Morgan fingerprint density at radius 3 is 0.901 bits per heavy atom. The van der Waals surface area contributed by atoms with Crippen molar-refractivity contribution < 1.29 is 0 Å². The van der Waals surface area contributed by atoms with Gasteiger partial charge in [-0.25, -0.2) is 9.97 Å². The highest BCUT2D eigenvalue weighted by molar-refractivity contribution is 6.11. The quantitative estimate of drug-likeness (QED) is 0.137. The van der Waals surface area contributed by atoms with Gasteiger partial charge in [0, 0.05) is 61.2 Å². The predicted octanol–water partition coefficient (Wildman–Crippen LogP) is 16.8. The van der Waals surface area contributed by atoms with E-state index in [0.717, 1.165) is 107 Å². The molecular formula is C66H45N5. The van der Waals surface area contributed by atoms with E-state index in [1.165, 1.54) is 11.1 Å². The van der Waals surface area contributed by atoms with Gasteiger partial charge in [-0.05, 0) is 83.9 Å². The molecule has 3 heterocycles. The fourth-order valence-corrected chi connectivity index (χ4v) is 10.2. The minimum atomic E-state index is 0.861. The van der Waals surface area contributed by atoms with Gasteiger partial charge in [0.2, 0.25) is 0 Å². The smallest absolute Gasteiger partial charge is 0.145 e. The van der Waals surface area contributed by atoms with Crippen LogP contribution in [0.5, 0.6) is 0 Å². The van der Waals surface area contributed by atoms with Crippen LogP contribution in [0.15, 0.2) is 273 Å². The number of para-hydroxylation sites is 2. The zero-order chi connectivity index (χ0) is 47.1. The van der Waals surface area contributed by atoms with E-state index in [9.17, 15) is 0 Å². The van der Waals surface area contributed by atoms with Crippen molar-refractivity contribution in [3.05, 3.63) is 273 Å². The standard InChI is InChI=1S/C66H45N5/c1-8-22-46(23-9-1)47-36-40-56(41-37-47)69-59-42-38-52(65-67-61(48-24-10-2-11-25-48)63(50-28-14-4-15-29-50)70(65)54-32-18-6-19-33-54)44-57(59)58-45-53(39-43-60(58)69)66-68-62(49-26-12-3-13-27-49)64(51-30-16-5-17-31-51)71(66)55-34-20-7-21-35-55/h1-45H. The van der Waals surface area contributed by atoms with Gasteiger partial charge in [0.05, 0.1) is 33.8 Å². The first-order valence-corrected chi connectivity index (χ1v) is 24.1. The fraction of sp³-hybridized carbons (Fsp3) is 0. The topological polar surface area (TPSA) is 40.6 Å². The number of hydrogen-bond donors (Lipinski definition) is 0. The van der Waals surface area contributed by atoms with Crippen molar-refractivity contribution in [2.75, 3.05) is 0 Å². The molecule has 0 aliphatic rings. The predicted molar refractivity (Wildman–Crippen MR) is 293 cm³/mol. The molecule has 0 N–H and O–H groups in total. The van der Waals surface area contributed by atoms with Gasteiger partial charge in [0.25, 0.3) is 0 Å². The molecule has 5 nitrogen and oxygen atoms in total. The molecule has 5 heteroatoms. The SMILES string of the molecule is c1ccc(-c2ccc(-n3c4ccc(-c5nc(-c6ccccc6)c(-c6ccccc6)n5-c5ccccc5)cc4c4cc(-c5nc(-c6ccccc6)c(-c6ccccc6)n5-c5ccccc5)ccc43)cc2)cc1. The summed E-state index contributed by atoms with van der Waals surface area (Å²) in [5, 5.41) is 2.22. The highest BCUT2D eigenvalue weighted by Crippen LogP contribution is 2.44. The van der Waals surface area contributed by atoms with Gasteiger partial charge in [-0.15, -0.1) is 0 Å². The molecule has 3 aromatic heterocycles. The monoisotopic (exact) mass is 907 g/mol. The van der Waals surface area contributed by atoms with Crippen molar-refractivity contribution in [1.82, 2.24) is 23.7 Å². The molecular weight excluding hydrogens is 863 g/mol. The van der Waals surface area contributed by atoms with Crippen LogP contribution in [0.3, 0.4) is 0 Å². The number of benzene rings is 10. The largest absolute Gasteiger partial charge is 0.309 e. The summed E-state index contributed by atoms with van der Waals surface area (Å²) in [4.78, 5) is 11.2. The van der Waals surface area contributed by atoms with E-state index in [4.69, 9.17) is 9.97 Å². The van der Waals surface area contributed by atoms with Crippen LogP contribution in [0.4, 0.5) is 0 Å². The highest BCUT2D eigenvalue weighted by atomic mass is 15.1. The lowest BCUT2D eigenvalue weighted by molar-refractivity contribution is 1.07. The molecule has 0 bridgehead atoms. The maximum atomic E-state index is 5.62. The minimum Gasteiger partial charge on any atom is -0.309 e. The third-order valence-corrected chi connectivity index (χ3v) is 13.5. The molecule has 0 aliphatic heterocycles. The van der Waals surface area contributed by atoms with Crippen molar-refractivity contribution in [2.45, 2.75) is 0 Å². The van der Waals surface area contributed by atoms with Crippen LogP contribution in [-0.2, 0) is 0 Å². The van der Waals surface area contributed by atoms with E-state index in [0.29, 0.717) is 0 Å². The van der Waals surface area contributed by atoms with Gasteiger partial charge >= 0.3 is 0 Å². The van der Waals surface area contributed by atoms with E-state index in [-0.39, 0.29) is 0 Å².